The van der Waals surface area contributed by atoms with Gasteiger partial charge in [0.05, 0.1) is 18.8 Å². The number of hydrogen-bond donors (Lipinski definition) is 0. The van der Waals surface area contributed by atoms with Crippen LogP contribution in [0.5, 0.6) is 11.5 Å². The first-order valence-corrected chi connectivity index (χ1v) is 7.81. The quantitative estimate of drug-likeness (QED) is 0.772. The SMILES string of the molecule is COc1cccc(/C=C(\C#N)c2nc(C)cs2)c1OC(C)C. The monoisotopic (exact) mass is 314 g/mol. The summed E-state index contributed by atoms with van der Waals surface area (Å²) in [5.41, 5.74) is 2.22. The molecule has 114 valence electrons. The van der Waals surface area contributed by atoms with Gasteiger partial charge in [0.2, 0.25) is 0 Å². The van der Waals surface area contributed by atoms with Gasteiger partial charge in [-0.2, -0.15) is 5.26 Å². The summed E-state index contributed by atoms with van der Waals surface area (Å²) in [6.45, 7) is 5.82. The van der Waals surface area contributed by atoms with E-state index in [1.807, 2.05) is 44.4 Å². The Labute approximate surface area is 134 Å². The molecule has 1 aromatic carbocycles. The van der Waals surface area contributed by atoms with Crippen molar-refractivity contribution in [2.24, 2.45) is 0 Å². The van der Waals surface area contributed by atoms with Gasteiger partial charge in [-0.25, -0.2) is 4.98 Å². The van der Waals surface area contributed by atoms with Gasteiger partial charge in [-0.3, -0.25) is 0 Å². The number of para-hydroxylation sites is 1. The van der Waals surface area contributed by atoms with Crippen molar-refractivity contribution < 1.29 is 9.47 Å². The fourth-order valence-electron chi connectivity index (χ4n) is 1.94. The lowest BCUT2D eigenvalue weighted by Gasteiger charge is -2.16. The van der Waals surface area contributed by atoms with E-state index in [4.69, 9.17) is 9.47 Å². The zero-order chi connectivity index (χ0) is 16.1. The number of hydrogen-bond acceptors (Lipinski definition) is 5. The third-order valence-electron chi connectivity index (χ3n) is 2.85. The fraction of sp³-hybridized carbons (Fsp3) is 0.294. The molecule has 0 saturated carbocycles. The first-order chi connectivity index (χ1) is 10.5. The molecule has 2 aromatic rings. The third kappa shape index (κ3) is 3.66. The van der Waals surface area contributed by atoms with Gasteiger partial charge in [-0.1, -0.05) is 12.1 Å². The highest BCUT2D eigenvalue weighted by atomic mass is 32.1. The third-order valence-corrected chi connectivity index (χ3v) is 3.85. The maximum absolute atomic E-state index is 9.43. The molecule has 0 bridgehead atoms. The predicted molar refractivity (Wildman–Crippen MR) is 89.1 cm³/mol. The molecule has 5 heteroatoms. The van der Waals surface area contributed by atoms with Gasteiger partial charge in [-0.15, -0.1) is 11.3 Å². The van der Waals surface area contributed by atoms with E-state index < -0.39 is 0 Å². The molecule has 0 N–H and O–H groups in total. The molecule has 0 aliphatic rings. The van der Waals surface area contributed by atoms with Crippen LogP contribution in [-0.4, -0.2) is 18.2 Å². The van der Waals surface area contributed by atoms with Crippen LogP contribution in [0.2, 0.25) is 0 Å². The van der Waals surface area contributed by atoms with Crippen LogP contribution >= 0.6 is 11.3 Å². The van der Waals surface area contributed by atoms with Crippen molar-refractivity contribution in [2.45, 2.75) is 26.9 Å². The van der Waals surface area contributed by atoms with E-state index in [1.54, 1.807) is 13.2 Å². The summed E-state index contributed by atoms with van der Waals surface area (Å²) in [6.07, 6.45) is 1.80. The van der Waals surface area contributed by atoms with Gasteiger partial charge >= 0.3 is 0 Å². The van der Waals surface area contributed by atoms with E-state index in [-0.39, 0.29) is 6.10 Å². The molecule has 1 aromatic heterocycles. The molecule has 0 unspecified atom stereocenters. The van der Waals surface area contributed by atoms with Crippen LogP contribution in [-0.2, 0) is 0 Å². The Morgan fingerprint density at radius 1 is 1.41 bits per heavy atom. The second-order valence-electron chi connectivity index (χ2n) is 5.01. The van der Waals surface area contributed by atoms with Crippen molar-refractivity contribution in [1.82, 2.24) is 4.98 Å². The first kappa shape index (κ1) is 16.1. The normalized spacial score (nSPS) is 11.4. The van der Waals surface area contributed by atoms with Gasteiger partial charge in [0.25, 0.3) is 0 Å². The number of benzene rings is 1. The number of aryl methyl sites for hydroxylation is 1. The van der Waals surface area contributed by atoms with Crippen molar-refractivity contribution >= 4 is 23.0 Å². The number of nitriles is 1. The Bertz CT molecular complexity index is 727. The molecule has 0 fully saturated rings. The smallest absolute Gasteiger partial charge is 0.168 e. The Balaban J connectivity index is 2.51. The molecule has 1 heterocycles. The summed E-state index contributed by atoms with van der Waals surface area (Å²) >= 11 is 1.46. The minimum absolute atomic E-state index is 0.0103. The Morgan fingerprint density at radius 2 is 2.18 bits per heavy atom. The van der Waals surface area contributed by atoms with Crippen molar-refractivity contribution in [2.75, 3.05) is 7.11 Å². The molecular weight excluding hydrogens is 296 g/mol. The van der Waals surface area contributed by atoms with Crippen LogP contribution in [0.25, 0.3) is 11.6 Å². The minimum atomic E-state index is 0.0103. The summed E-state index contributed by atoms with van der Waals surface area (Å²) in [6, 6.07) is 7.83. The second kappa shape index (κ2) is 7.10. The van der Waals surface area contributed by atoms with Crippen LogP contribution in [0.15, 0.2) is 23.6 Å². The summed E-state index contributed by atoms with van der Waals surface area (Å²) in [5.74, 6) is 1.29. The molecule has 22 heavy (non-hydrogen) atoms. The van der Waals surface area contributed by atoms with E-state index in [2.05, 4.69) is 11.1 Å². The van der Waals surface area contributed by atoms with Gasteiger partial charge in [0.15, 0.2) is 11.5 Å². The number of nitrogens with zero attached hydrogens (tertiary/aromatic N) is 2. The standard InChI is InChI=1S/C17H18N2O2S/c1-11(2)21-16-13(6-5-7-15(16)20-4)8-14(9-18)17-19-12(3)10-22-17/h5-8,10-11H,1-4H3/b14-8+. The lowest BCUT2D eigenvalue weighted by molar-refractivity contribution is 0.229. The highest BCUT2D eigenvalue weighted by molar-refractivity contribution is 7.11. The van der Waals surface area contributed by atoms with Gasteiger partial charge in [0, 0.05) is 16.6 Å². The molecule has 0 spiro atoms. The number of thiazole rings is 1. The van der Waals surface area contributed by atoms with Crippen molar-refractivity contribution in [3.05, 3.63) is 39.8 Å². The van der Waals surface area contributed by atoms with E-state index >= 15 is 0 Å². The molecule has 0 aliphatic heterocycles. The largest absolute Gasteiger partial charge is 0.493 e. The van der Waals surface area contributed by atoms with Crippen molar-refractivity contribution in [3.63, 3.8) is 0 Å². The van der Waals surface area contributed by atoms with Crippen LogP contribution in [0.1, 0.15) is 30.1 Å². The van der Waals surface area contributed by atoms with Crippen LogP contribution in [0, 0.1) is 18.3 Å². The minimum Gasteiger partial charge on any atom is -0.493 e. The van der Waals surface area contributed by atoms with Gasteiger partial charge in [-0.05, 0) is 32.9 Å². The lowest BCUT2D eigenvalue weighted by atomic mass is 10.1. The average Bonchev–Trinajstić information content (AvgIpc) is 2.91. The zero-order valence-electron chi connectivity index (χ0n) is 13.1. The maximum Gasteiger partial charge on any atom is 0.168 e. The Kier molecular flexibility index (Phi) is 5.18. The van der Waals surface area contributed by atoms with Crippen LogP contribution in [0.4, 0.5) is 0 Å². The second-order valence-corrected chi connectivity index (χ2v) is 5.87. The van der Waals surface area contributed by atoms with E-state index in [1.165, 1.54) is 11.3 Å². The lowest BCUT2D eigenvalue weighted by Crippen LogP contribution is -2.08. The molecule has 0 atom stereocenters. The molecule has 0 saturated heterocycles. The summed E-state index contributed by atoms with van der Waals surface area (Å²) in [7, 11) is 1.60. The number of allylic oxidation sites excluding steroid dienone is 1. The van der Waals surface area contributed by atoms with Crippen LogP contribution < -0.4 is 9.47 Å². The average molecular weight is 314 g/mol. The molecule has 0 amide bonds. The Hall–Kier alpha value is -2.32. The molecule has 0 aliphatic carbocycles. The van der Waals surface area contributed by atoms with Gasteiger partial charge < -0.3 is 9.47 Å². The number of aromatic nitrogens is 1. The summed E-state index contributed by atoms with van der Waals surface area (Å²) in [4.78, 5) is 4.37. The summed E-state index contributed by atoms with van der Waals surface area (Å²) < 4.78 is 11.2. The number of methoxy groups -OCH3 is 1. The number of rotatable bonds is 5. The molecule has 0 radical (unpaired) electrons. The number of ether oxygens (including phenoxy) is 2. The van der Waals surface area contributed by atoms with Crippen molar-refractivity contribution in [1.29, 1.82) is 5.26 Å². The van der Waals surface area contributed by atoms with Gasteiger partial charge in [0.1, 0.15) is 11.1 Å². The highest BCUT2D eigenvalue weighted by Gasteiger charge is 2.13. The van der Waals surface area contributed by atoms with E-state index in [9.17, 15) is 5.26 Å². The van der Waals surface area contributed by atoms with E-state index in [0.717, 1.165) is 11.3 Å². The molecular formula is C17H18N2O2S. The molecule has 2 rings (SSSR count). The zero-order valence-corrected chi connectivity index (χ0v) is 13.9. The predicted octanol–water partition coefficient (Wildman–Crippen LogP) is 4.31. The van der Waals surface area contributed by atoms with Crippen molar-refractivity contribution in [3.8, 4) is 17.6 Å². The highest BCUT2D eigenvalue weighted by Crippen LogP contribution is 2.34. The molecule has 4 nitrogen and oxygen atoms in total. The summed E-state index contributed by atoms with van der Waals surface area (Å²) in [5, 5.41) is 12.1. The van der Waals surface area contributed by atoms with E-state index in [0.29, 0.717) is 22.1 Å². The maximum atomic E-state index is 9.43. The first-order valence-electron chi connectivity index (χ1n) is 6.93. The topological polar surface area (TPSA) is 55.1 Å². The fourth-order valence-corrected chi connectivity index (χ4v) is 2.71. The van der Waals surface area contributed by atoms with Crippen LogP contribution in [0.3, 0.4) is 0 Å². The Morgan fingerprint density at radius 3 is 2.73 bits per heavy atom.